The number of aromatic nitrogens is 2. The molecule has 19 heavy (non-hydrogen) atoms. The minimum atomic E-state index is -0.156. The maximum absolute atomic E-state index is 12.2. The number of ether oxygens (including phenoxy) is 1. The molecule has 0 unspecified atom stereocenters. The molecule has 2 aliphatic rings. The van der Waals surface area contributed by atoms with Crippen molar-refractivity contribution in [2.24, 2.45) is 5.92 Å². The first-order valence-electron chi connectivity index (χ1n) is 6.22. The maximum Gasteiger partial charge on any atom is 0.229 e. The summed E-state index contributed by atoms with van der Waals surface area (Å²) >= 11 is 5.80. The first kappa shape index (κ1) is 12.6. The van der Waals surface area contributed by atoms with Gasteiger partial charge >= 0.3 is 0 Å². The van der Waals surface area contributed by atoms with Crippen LogP contribution in [0.5, 0.6) is 0 Å². The zero-order valence-corrected chi connectivity index (χ0v) is 11.4. The molecule has 2 fully saturated rings. The van der Waals surface area contributed by atoms with Gasteiger partial charge in [-0.05, 0) is 0 Å². The van der Waals surface area contributed by atoms with E-state index in [0.717, 1.165) is 0 Å². The van der Waals surface area contributed by atoms with Gasteiger partial charge in [-0.3, -0.25) is 4.79 Å². The molecule has 7 heteroatoms. The maximum atomic E-state index is 12.2. The standard InChI is InChI=1S/C12H15ClN4O2/c1-16-10-5-17(12-14-2-9(13)3-15-12)4-8(11(16)18)6-19-7-10/h2-3,8,10H,4-7H2,1H3/t8-,10+/m1/s1. The number of rotatable bonds is 1. The quantitative estimate of drug-likeness (QED) is 0.747. The first-order chi connectivity index (χ1) is 9.15. The van der Waals surface area contributed by atoms with E-state index in [9.17, 15) is 4.79 Å². The molecule has 1 aromatic rings. The molecule has 1 aromatic heterocycles. The molecule has 0 spiro atoms. The molecule has 0 radical (unpaired) electrons. The molecule has 2 bridgehead atoms. The second kappa shape index (κ2) is 4.94. The lowest BCUT2D eigenvalue weighted by molar-refractivity contribution is -0.133. The van der Waals surface area contributed by atoms with Gasteiger partial charge in [0.1, 0.15) is 0 Å². The van der Waals surface area contributed by atoms with E-state index in [2.05, 4.69) is 9.97 Å². The molecule has 0 saturated carbocycles. The molecular weight excluding hydrogens is 268 g/mol. The number of likely N-dealkylation sites (N-methyl/N-ethyl adjacent to an activating group) is 1. The highest BCUT2D eigenvalue weighted by Gasteiger charge is 2.37. The topological polar surface area (TPSA) is 58.6 Å². The Balaban J connectivity index is 1.89. The van der Waals surface area contributed by atoms with E-state index in [1.807, 2.05) is 11.9 Å². The van der Waals surface area contributed by atoms with Crippen molar-refractivity contribution in [2.45, 2.75) is 6.04 Å². The largest absolute Gasteiger partial charge is 0.378 e. The summed E-state index contributed by atoms with van der Waals surface area (Å²) < 4.78 is 5.55. The van der Waals surface area contributed by atoms with Crippen LogP contribution in [-0.4, -0.2) is 60.2 Å². The summed E-state index contributed by atoms with van der Waals surface area (Å²) in [7, 11) is 1.83. The van der Waals surface area contributed by atoms with E-state index in [-0.39, 0.29) is 17.9 Å². The summed E-state index contributed by atoms with van der Waals surface area (Å²) in [5.74, 6) is 0.597. The van der Waals surface area contributed by atoms with Crippen molar-refractivity contribution in [1.29, 1.82) is 0 Å². The molecule has 2 aliphatic heterocycles. The minimum Gasteiger partial charge on any atom is -0.378 e. The Hall–Kier alpha value is -1.40. The fourth-order valence-corrected chi connectivity index (χ4v) is 2.63. The van der Waals surface area contributed by atoms with Crippen molar-refractivity contribution >= 4 is 23.5 Å². The number of hydrogen-bond donors (Lipinski definition) is 0. The van der Waals surface area contributed by atoms with Gasteiger partial charge in [-0.25, -0.2) is 9.97 Å². The van der Waals surface area contributed by atoms with Crippen molar-refractivity contribution < 1.29 is 9.53 Å². The number of anilines is 1. The number of carbonyl (C=O) groups excluding carboxylic acids is 1. The molecule has 0 aromatic carbocycles. The molecule has 6 nitrogen and oxygen atoms in total. The number of fused-ring (bicyclic) bond motifs is 3. The normalized spacial score (nSPS) is 27.4. The molecule has 2 atom stereocenters. The Kier molecular flexibility index (Phi) is 3.28. The highest BCUT2D eigenvalue weighted by Crippen LogP contribution is 2.22. The van der Waals surface area contributed by atoms with Crippen LogP contribution >= 0.6 is 11.6 Å². The number of amides is 1. The van der Waals surface area contributed by atoms with Gasteiger partial charge in [0.15, 0.2) is 0 Å². The van der Waals surface area contributed by atoms with Crippen LogP contribution in [0.25, 0.3) is 0 Å². The molecule has 3 rings (SSSR count). The fourth-order valence-electron chi connectivity index (χ4n) is 2.53. The lowest BCUT2D eigenvalue weighted by Gasteiger charge is -2.29. The van der Waals surface area contributed by atoms with Crippen molar-refractivity contribution in [1.82, 2.24) is 14.9 Å². The lowest BCUT2D eigenvalue weighted by atomic mass is 10.1. The summed E-state index contributed by atoms with van der Waals surface area (Å²) in [6, 6.07) is 0.0410. The Bertz CT molecular complexity index is 481. The Morgan fingerprint density at radius 2 is 2.05 bits per heavy atom. The summed E-state index contributed by atoms with van der Waals surface area (Å²) in [4.78, 5) is 24.5. The van der Waals surface area contributed by atoms with Gasteiger partial charge in [0.25, 0.3) is 0 Å². The van der Waals surface area contributed by atoms with Crippen LogP contribution in [0.4, 0.5) is 5.95 Å². The zero-order chi connectivity index (χ0) is 13.4. The lowest BCUT2D eigenvalue weighted by Crippen LogP contribution is -2.43. The molecule has 1 amide bonds. The Morgan fingerprint density at radius 3 is 2.79 bits per heavy atom. The van der Waals surface area contributed by atoms with E-state index in [1.54, 1.807) is 17.3 Å². The predicted molar refractivity (Wildman–Crippen MR) is 70.1 cm³/mol. The molecular formula is C12H15ClN4O2. The third-order valence-corrected chi connectivity index (χ3v) is 3.83. The molecule has 2 saturated heterocycles. The summed E-state index contributed by atoms with van der Waals surface area (Å²) in [5.41, 5.74) is 0. The van der Waals surface area contributed by atoms with Crippen LogP contribution in [0.3, 0.4) is 0 Å². The van der Waals surface area contributed by atoms with Gasteiger partial charge in [-0.15, -0.1) is 0 Å². The average molecular weight is 283 g/mol. The number of carbonyl (C=O) groups is 1. The van der Waals surface area contributed by atoms with Crippen LogP contribution in [0.1, 0.15) is 0 Å². The van der Waals surface area contributed by atoms with Crippen molar-refractivity contribution in [3.63, 3.8) is 0 Å². The van der Waals surface area contributed by atoms with Crippen molar-refractivity contribution in [3.05, 3.63) is 17.4 Å². The van der Waals surface area contributed by atoms with E-state index < -0.39 is 0 Å². The van der Waals surface area contributed by atoms with E-state index >= 15 is 0 Å². The fraction of sp³-hybridized carbons (Fsp3) is 0.583. The van der Waals surface area contributed by atoms with E-state index in [1.165, 1.54) is 0 Å². The predicted octanol–water partition coefficient (Wildman–Crippen LogP) is 0.423. The molecule has 102 valence electrons. The van der Waals surface area contributed by atoms with Crippen LogP contribution in [-0.2, 0) is 9.53 Å². The Labute approximate surface area is 116 Å². The van der Waals surface area contributed by atoms with Crippen LogP contribution < -0.4 is 4.90 Å². The monoisotopic (exact) mass is 282 g/mol. The Morgan fingerprint density at radius 1 is 1.32 bits per heavy atom. The van der Waals surface area contributed by atoms with Gasteiger partial charge in [0.2, 0.25) is 11.9 Å². The highest BCUT2D eigenvalue weighted by atomic mass is 35.5. The summed E-state index contributed by atoms with van der Waals surface area (Å²) in [6.07, 6.45) is 3.15. The highest BCUT2D eigenvalue weighted by molar-refractivity contribution is 6.30. The molecule has 0 aliphatic carbocycles. The third-order valence-electron chi connectivity index (χ3n) is 3.64. The number of halogens is 1. The summed E-state index contributed by atoms with van der Waals surface area (Å²) in [6.45, 7) is 2.29. The molecule has 0 N–H and O–H groups in total. The number of nitrogens with zero attached hydrogens (tertiary/aromatic N) is 4. The van der Waals surface area contributed by atoms with Crippen LogP contribution in [0.15, 0.2) is 12.4 Å². The van der Waals surface area contributed by atoms with Gasteiger partial charge in [-0.2, -0.15) is 0 Å². The SMILES string of the molecule is CN1C(=O)[C@H]2COC[C@@H]1CN(c1ncc(Cl)cn1)C2. The van der Waals surface area contributed by atoms with E-state index in [4.69, 9.17) is 16.3 Å². The second-order valence-corrected chi connectivity index (χ2v) is 5.38. The van der Waals surface area contributed by atoms with Gasteiger partial charge in [0.05, 0.1) is 42.6 Å². The van der Waals surface area contributed by atoms with Crippen LogP contribution in [0.2, 0.25) is 5.02 Å². The minimum absolute atomic E-state index is 0.0410. The third kappa shape index (κ3) is 2.37. The van der Waals surface area contributed by atoms with Gasteiger partial charge in [-0.1, -0.05) is 11.6 Å². The second-order valence-electron chi connectivity index (χ2n) is 4.94. The first-order valence-corrected chi connectivity index (χ1v) is 6.60. The molecule has 3 heterocycles. The van der Waals surface area contributed by atoms with E-state index in [0.29, 0.717) is 37.3 Å². The average Bonchev–Trinajstić information content (AvgIpc) is 2.57. The number of hydrogen-bond acceptors (Lipinski definition) is 5. The summed E-state index contributed by atoms with van der Waals surface area (Å²) in [5, 5.41) is 0.510. The van der Waals surface area contributed by atoms with Crippen LogP contribution in [0, 0.1) is 5.92 Å². The van der Waals surface area contributed by atoms with Gasteiger partial charge < -0.3 is 14.5 Å². The van der Waals surface area contributed by atoms with Crippen molar-refractivity contribution in [2.75, 3.05) is 38.3 Å². The zero-order valence-electron chi connectivity index (χ0n) is 10.6. The van der Waals surface area contributed by atoms with Gasteiger partial charge in [0, 0.05) is 20.1 Å². The smallest absolute Gasteiger partial charge is 0.229 e. The van der Waals surface area contributed by atoms with Crippen molar-refractivity contribution in [3.8, 4) is 0 Å².